The Kier molecular flexibility index (Phi) is 5.30. The van der Waals surface area contributed by atoms with Crippen LogP contribution in [0.4, 0.5) is 5.69 Å². The van der Waals surface area contributed by atoms with Gasteiger partial charge in [-0.3, -0.25) is 0 Å². The smallest absolute Gasteiger partial charge is 0.0346 e. The van der Waals surface area contributed by atoms with E-state index in [-0.39, 0.29) is 0 Å². The summed E-state index contributed by atoms with van der Waals surface area (Å²) in [5.74, 6) is 0. The number of allylic oxidation sites excluding steroid dienone is 1. The van der Waals surface area contributed by atoms with Crippen LogP contribution in [0.3, 0.4) is 0 Å². The van der Waals surface area contributed by atoms with Gasteiger partial charge in [0.05, 0.1) is 0 Å². The van der Waals surface area contributed by atoms with Gasteiger partial charge in [-0.2, -0.15) is 0 Å². The van der Waals surface area contributed by atoms with Crippen molar-refractivity contribution < 1.29 is 0 Å². The topological polar surface area (TPSA) is 26.0 Å². The molecule has 0 fully saturated rings. The van der Waals surface area contributed by atoms with E-state index in [2.05, 4.69) is 86.5 Å². The highest BCUT2D eigenvalue weighted by molar-refractivity contribution is 8.10. The van der Waals surface area contributed by atoms with Gasteiger partial charge in [-0.05, 0) is 70.8 Å². The van der Waals surface area contributed by atoms with Crippen LogP contribution in [0.15, 0.2) is 72.7 Å². The van der Waals surface area contributed by atoms with Crippen molar-refractivity contribution in [2.75, 3.05) is 5.73 Å². The Morgan fingerprint density at radius 2 is 1.76 bits per heavy atom. The molecule has 0 bridgehead atoms. The van der Waals surface area contributed by atoms with Crippen LogP contribution >= 0.6 is 11.8 Å². The van der Waals surface area contributed by atoms with Crippen molar-refractivity contribution in [3.8, 4) is 0 Å². The lowest BCUT2D eigenvalue weighted by atomic mass is 10.0. The van der Waals surface area contributed by atoms with Crippen LogP contribution in [0.1, 0.15) is 22.3 Å². The summed E-state index contributed by atoms with van der Waals surface area (Å²) in [5, 5.41) is 4.63. The van der Waals surface area contributed by atoms with Gasteiger partial charge in [-0.15, -0.1) is 0 Å². The number of nitrogens with two attached hydrogens (primary N) is 1. The molecule has 0 amide bonds. The zero-order valence-electron chi connectivity index (χ0n) is 14.8. The van der Waals surface area contributed by atoms with Gasteiger partial charge in [0, 0.05) is 10.6 Å². The number of nitrogen functional groups attached to an aromatic ring is 1. The van der Waals surface area contributed by atoms with Gasteiger partial charge in [-0.25, -0.2) is 0 Å². The fraction of sp³-hybridized carbons (Fsp3) is 0.130. The van der Waals surface area contributed by atoms with Gasteiger partial charge < -0.3 is 5.73 Å². The molecule has 126 valence electrons. The van der Waals surface area contributed by atoms with E-state index >= 15 is 0 Å². The quantitative estimate of drug-likeness (QED) is 0.534. The molecule has 0 spiro atoms. The van der Waals surface area contributed by atoms with E-state index in [0.29, 0.717) is 0 Å². The Bertz CT molecular complexity index is 953. The van der Waals surface area contributed by atoms with E-state index in [1.807, 2.05) is 0 Å². The Morgan fingerprint density at radius 1 is 1.00 bits per heavy atom. The molecule has 25 heavy (non-hydrogen) atoms. The summed E-state index contributed by atoms with van der Waals surface area (Å²) in [6.45, 7) is 8.38. The Balaban J connectivity index is 1.65. The molecule has 2 heteroatoms. The highest BCUT2D eigenvalue weighted by atomic mass is 32.2. The fourth-order valence-corrected chi connectivity index (χ4v) is 3.47. The maximum atomic E-state index is 5.95. The zero-order chi connectivity index (χ0) is 17.8. The van der Waals surface area contributed by atoms with Crippen molar-refractivity contribution in [3.63, 3.8) is 0 Å². The van der Waals surface area contributed by atoms with Crippen LogP contribution in [-0.4, -0.2) is 0 Å². The molecule has 0 aliphatic carbocycles. The summed E-state index contributed by atoms with van der Waals surface area (Å²) in [5.41, 5.74) is 11.7. The third kappa shape index (κ3) is 4.15. The minimum absolute atomic E-state index is 0.865. The van der Waals surface area contributed by atoms with Gasteiger partial charge in [0.1, 0.15) is 0 Å². The molecular formula is C23H23NS. The molecule has 0 unspecified atom stereocenters. The molecule has 0 aromatic heterocycles. The first-order valence-corrected chi connectivity index (χ1v) is 9.28. The number of aryl methyl sites for hydroxylation is 2. The Hall–Kier alpha value is -2.45. The molecule has 3 aromatic rings. The number of benzene rings is 3. The summed E-state index contributed by atoms with van der Waals surface area (Å²) in [4.78, 5) is 1.06. The lowest BCUT2D eigenvalue weighted by Crippen LogP contribution is -1.95. The van der Waals surface area contributed by atoms with E-state index in [4.69, 9.17) is 5.73 Å². The number of hydrogen-bond acceptors (Lipinski definition) is 2. The number of thioether (sulfide) groups is 1. The van der Waals surface area contributed by atoms with Crippen LogP contribution in [0.2, 0.25) is 0 Å². The summed E-state index contributed by atoms with van der Waals surface area (Å²) in [6, 6.07) is 19.1. The van der Waals surface area contributed by atoms with Crippen LogP contribution < -0.4 is 5.73 Å². The normalized spacial score (nSPS) is 11.3. The van der Waals surface area contributed by atoms with Gasteiger partial charge in [0.15, 0.2) is 0 Å². The lowest BCUT2D eigenvalue weighted by molar-refractivity contribution is 1.20. The van der Waals surface area contributed by atoms with Crippen molar-refractivity contribution in [1.29, 1.82) is 0 Å². The molecule has 0 saturated carbocycles. The second kappa shape index (κ2) is 7.62. The predicted molar refractivity (Wildman–Crippen MR) is 114 cm³/mol. The number of hydrogen-bond donors (Lipinski definition) is 1. The van der Waals surface area contributed by atoms with E-state index in [0.717, 1.165) is 22.6 Å². The predicted octanol–water partition coefficient (Wildman–Crippen LogP) is 6.50. The third-order valence-electron chi connectivity index (χ3n) is 4.44. The SMILES string of the molecule is C=C(S/C=C/Cc1cc(C)c(N)cc1C)c1ccc2ccccc2c1. The first-order valence-electron chi connectivity index (χ1n) is 8.40. The molecule has 3 aromatic carbocycles. The second-order valence-corrected chi connectivity index (χ2v) is 7.31. The maximum absolute atomic E-state index is 5.95. The van der Waals surface area contributed by atoms with E-state index < -0.39 is 0 Å². The van der Waals surface area contributed by atoms with Gasteiger partial charge >= 0.3 is 0 Å². The van der Waals surface area contributed by atoms with Crippen molar-refractivity contribution in [2.45, 2.75) is 20.3 Å². The van der Waals surface area contributed by atoms with Crippen LogP contribution in [0, 0.1) is 13.8 Å². The van der Waals surface area contributed by atoms with Gasteiger partial charge in [0.2, 0.25) is 0 Å². The summed E-state index contributed by atoms with van der Waals surface area (Å²) in [6.07, 6.45) is 3.10. The number of rotatable bonds is 5. The van der Waals surface area contributed by atoms with Crippen molar-refractivity contribution in [1.82, 2.24) is 0 Å². The molecule has 0 atom stereocenters. The molecule has 0 radical (unpaired) electrons. The molecule has 2 N–H and O–H groups in total. The lowest BCUT2D eigenvalue weighted by Gasteiger charge is -2.08. The fourth-order valence-electron chi connectivity index (χ4n) is 2.85. The molecule has 0 aliphatic heterocycles. The largest absolute Gasteiger partial charge is 0.399 e. The Morgan fingerprint density at radius 3 is 2.56 bits per heavy atom. The average molecular weight is 346 g/mol. The molecule has 0 saturated heterocycles. The summed E-state index contributed by atoms with van der Waals surface area (Å²) < 4.78 is 0. The molecule has 3 rings (SSSR count). The van der Waals surface area contributed by atoms with Crippen molar-refractivity contribution in [3.05, 3.63) is 94.9 Å². The van der Waals surface area contributed by atoms with Crippen molar-refractivity contribution in [2.24, 2.45) is 0 Å². The zero-order valence-corrected chi connectivity index (χ0v) is 15.6. The van der Waals surface area contributed by atoms with Crippen LogP contribution in [0.25, 0.3) is 15.7 Å². The first kappa shape index (κ1) is 17.4. The molecular weight excluding hydrogens is 322 g/mol. The summed E-state index contributed by atoms with van der Waals surface area (Å²) >= 11 is 1.67. The van der Waals surface area contributed by atoms with Gasteiger partial charge in [0.25, 0.3) is 0 Å². The second-order valence-electron chi connectivity index (χ2n) is 6.31. The highest BCUT2D eigenvalue weighted by Gasteiger charge is 2.02. The van der Waals surface area contributed by atoms with E-state index in [1.54, 1.807) is 11.8 Å². The highest BCUT2D eigenvalue weighted by Crippen LogP contribution is 2.29. The minimum Gasteiger partial charge on any atom is -0.399 e. The monoisotopic (exact) mass is 345 g/mol. The standard InChI is InChI=1S/C23H23NS/c1-16-14-23(24)17(2)13-20(16)9-6-12-25-18(3)21-11-10-19-7-4-5-8-22(19)15-21/h4-8,10-15H,3,9,24H2,1-2H3/b12-6+. The van der Waals surface area contributed by atoms with Crippen LogP contribution in [0.5, 0.6) is 0 Å². The Labute approximate surface area is 154 Å². The number of fused-ring (bicyclic) bond motifs is 1. The molecule has 1 nitrogen and oxygen atoms in total. The van der Waals surface area contributed by atoms with Crippen molar-refractivity contribution >= 4 is 33.1 Å². The summed E-state index contributed by atoms with van der Waals surface area (Å²) in [7, 11) is 0. The minimum atomic E-state index is 0.865. The van der Waals surface area contributed by atoms with Gasteiger partial charge in [-0.1, -0.05) is 66.9 Å². The molecule has 0 aliphatic rings. The first-order chi connectivity index (χ1) is 12.0. The molecule has 0 heterocycles. The van der Waals surface area contributed by atoms with Crippen LogP contribution in [-0.2, 0) is 6.42 Å². The maximum Gasteiger partial charge on any atom is 0.0346 e. The number of anilines is 1. The van der Waals surface area contributed by atoms with E-state index in [9.17, 15) is 0 Å². The third-order valence-corrected chi connectivity index (χ3v) is 5.29. The average Bonchev–Trinajstić information content (AvgIpc) is 2.62. The van der Waals surface area contributed by atoms with E-state index in [1.165, 1.54) is 27.5 Å².